The number of aromatic nitrogens is 3. The van der Waals surface area contributed by atoms with Crippen molar-refractivity contribution in [3.05, 3.63) is 78.0 Å². The second-order valence-corrected chi connectivity index (χ2v) is 5.78. The summed E-state index contributed by atoms with van der Waals surface area (Å²) in [7, 11) is 1.64. The van der Waals surface area contributed by atoms with Crippen LogP contribution in [0.25, 0.3) is 0 Å². The van der Waals surface area contributed by atoms with Gasteiger partial charge in [0.15, 0.2) is 0 Å². The van der Waals surface area contributed by atoms with E-state index >= 15 is 0 Å². The molecular weight excluding hydrogens is 342 g/mol. The number of carbonyl (C=O) groups excluding carboxylic acids is 1. The number of rotatable bonds is 8. The van der Waals surface area contributed by atoms with Gasteiger partial charge in [-0.2, -0.15) is 0 Å². The van der Waals surface area contributed by atoms with Gasteiger partial charge in [-0.15, -0.1) is 0 Å². The molecule has 0 unspecified atom stereocenters. The molecule has 0 aliphatic heterocycles. The number of hydrogen-bond acceptors (Lipinski definition) is 6. The van der Waals surface area contributed by atoms with Gasteiger partial charge in [0.2, 0.25) is 0 Å². The van der Waals surface area contributed by atoms with E-state index in [2.05, 4.69) is 25.6 Å². The number of ether oxygens (including phenoxy) is 1. The van der Waals surface area contributed by atoms with Gasteiger partial charge in [0.05, 0.1) is 19.3 Å². The third-order valence-corrected chi connectivity index (χ3v) is 3.95. The fraction of sp³-hybridized carbons (Fsp3) is 0.200. The lowest BCUT2D eigenvalue weighted by Gasteiger charge is -2.09. The molecule has 7 nitrogen and oxygen atoms in total. The van der Waals surface area contributed by atoms with Crippen LogP contribution >= 0.6 is 0 Å². The van der Waals surface area contributed by atoms with Gasteiger partial charge in [0.25, 0.3) is 5.91 Å². The Bertz CT molecular complexity index is 886. The van der Waals surface area contributed by atoms with E-state index in [1.807, 2.05) is 42.5 Å². The minimum atomic E-state index is -0.242. The second kappa shape index (κ2) is 9.28. The molecule has 1 aromatic carbocycles. The summed E-state index contributed by atoms with van der Waals surface area (Å²) in [6.07, 6.45) is 3.78. The number of benzene rings is 1. The molecule has 0 saturated heterocycles. The van der Waals surface area contributed by atoms with E-state index in [1.54, 1.807) is 19.4 Å². The van der Waals surface area contributed by atoms with Gasteiger partial charge in [-0.1, -0.05) is 24.3 Å². The number of pyridine rings is 1. The Kier molecular flexibility index (Phi) is 6.30. The van der Waals surface area contributed by atoms with Crippen molar-refractivity contribution >= 4 is 11.7 Å². The fourth-order valence-corrected chi connectivity index (χ4v) is 2.57. The van der Waals surface area contributed by atoms with Crippen LogP contribution in [0.4, 0.5) is 5.82 Å². The monoisotopic (exact) mass is 363 g/mol. The number of nitrogens with one attached hydrogen (secondary N) is 2. The van der Waals surface area contributed by atoms with Gasteiger partial charge in [0, 0.05) is 18.8 Å². The molecule has 27 heavy (non-hydrogen) atoms. The summed E-state index contributed by atoms with van der Waals surface area (Å²) in [4.78, 5) is 24.8. The lowest BCUT2D eigenvalue weighted by atomic mass is 10.1. The van der Waals surface area contributed by atoms with E-state index < -0.39 is 0 Å². The van der Waals surface area contributed by atoms with Crippen LogP contribution in [0.1, 0.15) is 21.7 Å². The second-order valence-electron chi connectivity index (χ2n) is 5.78. The zero-order valence-corrected chi connectivity index (χ0v) is 15.1. The molecule has 0 atom stereocenters. The molecular formula is C20H21N5O2. The number of hydrogen-bond donors (Lipinski definition) is 2. The first-order valence-electron chi connectivity index (χ1n) is 8.62. The number of para-hydroxylation sites is 1. The van der Waals surface area contributed by atoms with Crippen molar-refractivity contribution in [3.8, 4) is 5.75 Å². The molecule has 7 heteroatoms. The summed E-state index contributed by atoms with van der Waals surface area (Å²) >= 11 is 0. The first kappa shape index (κ1) is 18.3. The van der Waals surface area contributed by atoms with E-state index in [9.17, 15) is 4.79 Å². The SMILES string of the molecule is COc1ccccc1CCNC(=O)c1cc(NCc2ccccn2)ncn1. The van der Waals surface area contributed by atoms with Crippen LogP contribution in [0.2, 0.25) is 0 Å². The van der Waals surface area contributed by atoms with Gasteiger partial charge < -0.3 is 15.4 Å². The maximum atomic E-state index is 12.3. The quantitative estimate of drug-likeness (QED) is 0.639. The number of amides is 1. The van der Waals surface area contributed by atoms with Crippen molar-refractivity contribution in [2.75, 3.05) is 19.0 Å². The van der Waals surface area contributed by atoms with Crippen LogP contribution in [-0.2, 0) is 13.0 Å². The normalized spacial score (nSPS) is 10.3. The maximum absolute atomic E-state index is 12.3. The Morgan fingerprint density at radius 1 is 1.07 bits per heavy atom. The van der Waals surface area contributed by atoms with Gasteiger partial charge in [-0.25, -0.2) is 9.97 Å². The highest BCUT2D eigenvalue weighted by Crippen LogP contribution is 2.17. The third-order valence-electron chi connectivity index (χ3n) is 3.95. The van der Waals surface area contributed by atoms with E-state index in [-0.39, 0.29) is 5.91 Å². The summed E-state index contributed by atoms with van der Waals surface area (Å²) < 4.78 is 5.32. The average Bonchev–Trinajstić information content (AvgIpc) is 2.73. The predicted octanol–water partition coefficient (Wildman–Crippen LogP) is 2.46. The zero-order chi connectivity index (χ0) is 18.9. The molecule has 0 aliphatic rings. The summed E-state index contributed by atoms with van der Waals surface area (Å²) in [6.45, 7) is 1.01. The lowest BCUT2D eigenvalue weighted by molar-refractivity contribution is 0.0949. The number of methoxy groups -OCH3 is 1. The molecule has 138 valence electrons. The molecule has 1 amide bonds. The zero-order valence-electron chi connectivity index (χ0n) is 15.1. The average molecular weight is 363 g/mol. The van der Waals surface area contributed by atoms with Crippen LogP contribution in [-0.4, -0.2) is 34.5 Å². The summed E-state index contributed by atoms with van der Waals surface area (Å²) in [5, 5.41) is 6.02. The van der Waals surface area contributed by atoms with Crippen molar-refractivity contribution in [2.24, 2.45) is 0 Å². The van der Waals surface area contributed by atoms with Crippen LogP contribution in [0, 0.1) is 0 Å². The van der Waals surface area contributed by atoms with Crippen molar-refractivity contribution < 1.29 is 9.53 Å². The van der Waals surface area contributed by atoms with Gasteiger partial charge in [0.1, 0.15) is 23.6 Å². The minimum Gasteiger partial charge on any atom is -0.496 e. The molecule has 0 radical (unpaired) electrons. The highest BCUT2D eigenvalue weighted by atomic mass is 16.5. The van der Waals surface area contributed by atoms with Gasteiger partial charge in [-0.3, -0.25) is 9.78 Å². The third kappa shape index (κ3) is 5.24. The van der Waals surface area contributed by atoms with Crippen molar-refractivity contribution in [3.63, 3.8) is 0 Å². The molecule has 2 heterocycles. The van der Waals surface area contributed by atoms with E-state index in [0.29, 0.717) is 31.0 Å². The Morgan fingerprint density at radius 2 is 1.93 bits per heavy atom. The Balaban J connectivity index is 1.54. The van der Waals surface area contributed by atoms with Crippen molar-refractivity contribution in [2.45, 2.75) is 13.0 Å². The summed E-state index contributed by atoms with van der Waals surface area (Å²) in [5.41, 5.74) is 2.24. The van der Waals surface area contributed by atoms with Crippen LogP contribution in [0.15, 0.2) is 61.1 Å². The first-order chi connectivity index (χ1) is 13.3. The molecule has 0 bridgehead atoms. The predicted molar refractivity (Wildman–Crippen MR) is 103 cm³/mol. The molecule has 3 aromatic rings. The minimum absolute atomic E-state index is 0.242. The Labute approximate surface area is 157 Å². The smallest absolute Gasteiger partial charge is 0.270 e. The molecule has 3 rings (SSSR count). The molecule has 0 spiro atoms. The van der Waals surface area contributed by atoms with Crippen LogP contribution in [0.3, 0.4) is 0 Å². The molecule has 0 aliphatic carbocycles. The molecule has 0 saturated carbocycles. The highest BCUT2D eigenvalue weighted by Gasteiger charge is 2.09. The van der Waals surface area contributed by atoms with E-state index in [1.165, 1.54) is 6.33 Å². The standard InChI is InChI=1S/C20H21N5O2/c1-27-18-8-3-2-6-15(18)9-11-22-20(26)17-12-19(25-14-24-17)23-13-16-7-4-5-10-21-16/h2-8,10,12,14H,9,11,13H2,1H3,(H,22,26)(H,23,24,25). The summed E-state index contributed by atoms with van der Waals surface area (Å²) in [6, 6.07) is 15.1. The van der Waals surface area contributed by atoms with E-state index in [4.69, 9.17) is 4.74 Å². The first-order valence-corrected chi connectivity index (χ1v) is 8.62. The largest absolute Gasteiger partial charge is 0.496 e. The van der Waals surface area contributed by atoms with E-state index in [0.717, 1.165) is 17.0 Å². The molecule has 2 N–H and O–H groups in total. The van der Waals surface area contributed by atoms with Gasteiger partial charge >= 0.3 is 0 Å². The fourth-order valence-electron chi connectivity index (χ4n) is 2.57. The maximum Gasteiger partial charge on any atom is 0.270 e. The Hall–Kier alpha value is -3.48. The topological polar surface area (TPSA) is 89.0 Å². The Morgan fingerprint density at radius 3 is 2.74 bits per heavy atom. The van der Waals surface area contributed by atoms with Crippen LogP contribution in [0.5, 0.6) is 5.75 Å². The highest BCUT2D eigenvalue weighted by molar-refractivity contribution is 5.92. The molecule has 2 aromatic heterocycles. The van der Waals surface area contributed by atoms with Crippen molar-refractivity contribution in [1.29, 1.82) is 0 Å². The van der Waals surface area contributed by atoms with Crippen LogP contribution < -0.4 is 15.4 Å². The molecule has 0 fully saturated rings. The van der Waals surface area contributed by atoms with Crippen molar-refractivity contribution in [1.82, 2.24) is 20.3 Å². The number of nitrogens with zero attached hydrogens (tertiary/aromatic N) is 3. The number of carbonyl (C=O) groups is 1. The number of anilines is 1. The van der Waals surface area contributed by atoms with Gasteiger partial charge in [-0.05, 0) is 30.2 Å². The lowest BCUT2D eigenvalue weighted by Crippen LogP contribution is -2.26. The summed E-state index contributed by atoms with van der Waals surface area (Å²) in [5.74, 6) is 1.15.